The van der Waals surface area contributed by atoms with Crippen LogP contribution in [0.4, 0.5) is 11.4 Å². The molecule has 0 unspecified atom stereocenters. The van der Waals surface area contributed by atoms with Crippen molar-refractivity contribution >= 4 is 35.2 Å². The van der Waals surface area contributed by atoms with Gasteiger partial charge in [-0.25, -0.2) is 0 Å². The molecule has 154 valence electrons. The van der Waals surface area contributed by atoms with Gasteiger partial charge in [-0.1, -0.05) is 60.1 Å². The molecule has 3 aromatic carbocycles. The average Bonchev–Trinajstić information content (AvgIpc) is 2.77. The monoisotopic (exact) mass is 448 g/mol. The standard InChI is InChI=1S/C23H17ClN4O2S/c1-15-9-5-8-14-19(15)28-22(30)20(26-25-18-13-7-6-12-17(18)24)21(29)27(23(28)31)16-10-3-2-4-11-16/h2-14,30H,1H3. The Bertz CT molecular complexity index is 1410. The summed E-state index contributed by atoms with van der Waals surface area (Å²) in [5.74, 6) is -0.396. The molecule has 0 radical (unpaired) electrons. The molecule has 0 spiro atoms. The SMILES string of the molecule is Cc1ccccc1-n1c(O)c(N=Nc2ccccc2Cl)c(=O)n(-c2ccccc2)c1=S. The number of halogens is 1. The highest BCUT2D eigenvalue weighted by Gasteiger charge is 2.20. The molecule has 0 fully saturated rings. The number of benzene rings is 3. The van der Waals surface area contributed by atoms with E-state index in [0.717, 1.165) is 5.56 Å². The number of rotatable bonds is 4. The summed E-state index contributed by atoms with van der Waals surface area (Å²) < 4.78 is 2.85. The van der Waals surface area contributed by atoms with E-state index in [9.17, 15) is 9.90 Å². The van der Waals surface area contributed by atoms with Crippen LogP contribution in [-0.2, 0) is 0 Å². The molecule has 4 rings (SSSR count). The van der Waals surface area contributed by atoms with Gasteiger partial charge in [-0.3, -0.25) is 13.9 Å². The lowest BCUT2D eigenvalue weighted by molar-refractivity contribution is 0.432. The van der Waals surface area contributed by atoms with Crippen molar-refractivity contribution in [2.45, 2.75) is 6.92 Å². The van der Waals surface area contributed by atoms with Gasteiger partial charge in [0.15, 0.2) is 4.77 Å². The summed E-state index contributed by atoms with van der Waals surface area (Å²) in [6, 6.07) is 23.2. The zero-order valence-corrected chi connectivity index (χ0v) is 18.0. The molecule has 6 nitrogen and oxygen atoms in total. The summed E-state index contributed by atoms with van der Waals surface area (Å²) in [4.78, 5) is 13.3. The zero-order chi connectivity index (χ0) is 22.0. The summed E-state index contributed by atoms with van der Waals surface area (Å²) in [5, 5.41) is 19.6. The van der Waals surface area contributed by atoms with Crippen molar-refractivity contribution in [3.63, 3.8) is 0 Å². The summed E-state index contributed by atoms with van der Waals surface area (Å²) in [7, 11) is 0. The van der Waals surface area contributed by atoms with Gasteiger partial charge < -0.3 is 5.11 Å². The van der Waals surface area contributed by atoms with E-state index < -0.39 is 11.4 Å². The van der Waals surface area contributed by atoms with Gasteiger partial charge in [-0.2, -0.15) is 0 Å². The minimum Gasteiger partial charge on any atom is -0.492 e. The van der Waals surface area contributed by atoms with Crippen molar-refractivity contribution in [1.29, 1.82) is 0 Å². The average molecular weight is 449 g/mol. The van der Waals surface area contributed by atoms with Gasteiger partial charge >= 0.3 is 0 Å². The fourth-order valence-corrected chi connectivity index (χ4v) is 3.69. The van der Waals surface area contributed by atoms with Gasteiger partial charge in [0.05, 0.1) is 16.4 Å². The highest BCUT2D eigenvalue weighted by Crippen LogP contribution is 2.31. The van der Waals surface area contributed by atoms with Crippen molar-refractivity contribution in [2.24, 2.45) is 10.2 Å². The van der Waals surface area contributed by atoms with Crippen LogP contribution in [0.1, 0.15) is 5.56 Å². The Hall–Kier alpha value is -3.55. The Morgan fingerprint density at radius 3 is 2.23 bits per heavy atom. The summed E-state index contributed by atoms with van der Waals surface area (Å²) in [6.45, 7) is 1.89. The minimum atomic E-state index is -0.589. The Balaban J connectivity index is 2.05. The number of aryl methyl sites for hydroxylation is 1. The van der Waals surface area contributed by atoms with E-state index in [-0.39, 0.29) is 10.5 Å². The van der Waals surface area contributed by atoms with E-state index in [4.69, 9.17) is 23.8 Å². The van der Waals surface area contributed by atoms with Crippen molar-refractivity contribution in [2.75, 3.05) is 0 Å². The van der Waals surface area contributed by atoms with Crippen molar-refractivity contribution in [1.82, 2.24) is 9.13 Å². The van der Waals surface area contributed by atoms with Crippen LogP contribution >= 0.6 is 23.8 Å². The van der Waals surface area contributed by atoms with Crippen LogP contribution < -0.4 is 5.56 Å². The maximum Gasteiger partial charge on any atom is 0.290 e. The molecule has 1 aromatic heterocycles. The van der Waals surface area contributed by atoms with Crippen LogP contribution in [0.25, 0.3) is 11.4 Å². The first kappa shape index (κ1) is 20.7. The predicted octanol–water partition coefficient (Wildman–Crippen LogP) is 6.44. The molecule has 8 heteroatoms. The third-order valence-electron chi connectivity index (χ3n) is 4.69. The Morgan fingerprint density at radius 2 is 1.52 bits per heavy atom. The van der Waals surface area contributed by atoms with E-state index in [1.54, 1.807) is 54.6 Å². The predicted molar refractivity (Wildman–Crippen MR) is 124 cm³/mol. The molecule has 1 heterocycles. The number of hydrogen-bond acceptors (Lipinski definition) is 5. The normalized spacial score (nSPS) is 11.2. The van der Waals surface area contributed by atoms with Crippen LogP contribution in [-0.4, -0.2) is 14.2 Å². The lowest BCUT2D eigenvalue weighted by atomic mass is 10.2. The van der Waals surface area contributed by atoms with E-state index >= 15 is 0 Å². The summed E-state index contributed by atoms with van der Waals surface area (Å²) >= 11 is 11.8. The van der Waals surface area contributed by atoms with E-state index in [0.29, 0.717) is 22.1 Å². The topological polar surface area (TPSA) is 71.9 Å². The summed E-state index contributed by atoms with van der Waals surface area (Å²) in [5.41, 5.74) is 1.58. The van der Waals surface area contributed by atoms with Gasteiger partial charge in [0.1, 0.15) is 5.69 Å². The minimum absolute atomic E-state index is 0.111. The number of aromatic hydroxyl groups is 1. The maximum atomic E-state index is 13.3. The molecule has 4 aromatic rings. The van der Waals surface area contributed by atoms with Crippen LogP contribution in [0, 0.1) is 11.7 Å². The number of hydrogen-bond donors (Lipinski definition) is 1. The fourth-order valence-electron chi connectivity index (χ4n) is 3.15. The highest BCUT2D eigenvalue weighted by molar-refractivity contribution is 7.71. The molecule has 0 aliphatic carbocycles. The van der Waals surface area contributed by atoms with Gasteiger partial charge in [0.2, 0.25) is 11.6 Å². The molecule has 0 bridgehead atoms. The molecular weight excluding hydrogens is 432 g/mol. The van der Waals surface area contributed by atoms with Crippen molar-refractivity contribution in [3.8, 4) is 17.3 Å². The molecule has 0 aliphatic rings. The molecule has 0 aliphatic heterocycles. The van der Waals surface area contributed by atoms with Crippen LogP contribution in [0.5, 0.6) is 5.88 Å². The number of aromatic nitrogens is 2. The number of nitrogens with zero attached hydrogens (tertiary/aromatic N) is 4. The van der Waals surface area contributed by atoms with Crippen LogP contribution in [0.2, 0.25) is 5.02 Å². The van der Waals surface area contributed by atoms with E-state index in [2.05, 4.69) is 10.2 Å². The molecule has 31 heavy (non-hydrogen) atoms. The largest absolute Gasteiger partial charge is 0.492 e. The first-order chi connectivity index (χ1) is 15.0. The number of azo groups is 1. The third-order valence-corrected chi connectivity index (χ3v) is 5.38. The highest BCUT2D eigenvalue weighted by atomic mass is 35.5. The molecular formula is C23H17ClN4O2S. The Kier molecular flexibility index (Phi) is 5.79. The van der Waals surface area contributed by atoms with Crippen molar-refractivity contribution in [3.05, 3.63) is 105 Å². The molecule has 0 amide bonds. The Labute approximate surface area is 188 Å². The van der Waals surface area contributed by atoms with Gasteiger partial charge in [-0.15, -0.1) is 10.2 Å². The van der Waals surface area contributed by atoms with E-state index in [1.807, 2.05) is 31.2 Å². The van der Waals surface area contributed by atoms with Gasteiger partial charge in [0.25, 0.3) is 5.56 Å². The first-order valence-corrected chi connectivity index (χ1v) is 10.2. The molecule has 1 N–H and O–H groups in total. The Morgan fingerprint density at radius 1 is 0.871 bits per heavy atom. The smallest absolute Gasteiger partial charge is 0.290 e. The molecule has 0 saturated heterocycles. The number of para-hydroxylation sites is 2. The van der Waals surface area contributed by atoms with Gasteiger partial charge in [-0.05, 0) is 55.0 Å². The van der Waals surface area contributed by atoms with E-state index in [1.165, 1.54) is 9.13 Å². The maximum absolute atomic E-state index is 13.3. The lowest BCUT2D eigenvalue weighted by Crippen LogP contribution is -2.23. The van der Waals surface area contributed by atoms with Gasteiger partial charge in [0, 0.05) is 0 Å². The quantitative estimate of drug-likeness (QED) is 0.288. The molecule has 0 saturated carbocycles. The molecule has 0 atom stereocenters. The lowest BCUT2D eigenvalue weighted by Gasteiger charge is -2.17. The van der Waals surface area contributed by atoms with Crippen molar-refractivity contribution < 1.29 is 5.11 Å². The second-order valence-electron chi connectivity index (χ2n) is 6.70. The second kappa shape index (κ2) is 8.67. The fraction of sp³-hybridized carbons (Fsp3) is 0.0435. The second-order valence-corrected chi connectivity index (χ2v) is 7.48. The van der Waals surface area contributed by atoms with Crippen LogP contribution in [0.15, 0.2) is 93.9 Å². The van der Waals surface area contributed by atoms with Crippen LogP contribution in [0.3, 0.4) is 0 Å². The first-order valence-electron chi connectivity index (χ1n) is 9.38. The third kappa shape index (κ3) is 3.93. The summed E-state index contributed by atoms with van der Waals surface area (Å²) in [6.07, 6.45) is 0. The zero-order valence-electron chi connectivity index (χ0n) is 16.4.